The van der Waals surface area contributed by atoms with Crippen LogP contribution in [-0.4, -0.2) is 72.3 Å². The third-order valence-electron chi connectivity index (χ3n) is 6.34. The molecule has 7 nitrogen and oxygen atoms in total. The van der Waals surface area contributed by atoms with Crippen LogP contribution in [0.25, 0.3) is 16.9 Å². The Hall–Kier alpha value is -3.07. The highest BCUT2D eigenvalue weighted by atomic mass is 32.2. The van der Waals surface area contributed by atoms with Gasteiger partial charge in [-0.3, -0.25) is 4.90 Å². The smallest absolute Gasteiger partial charge is 0.175 e. The maximum absolute atomic E-state index is 11.8. The molecule has 1 aliphatic heterocycles. The Labute approximate surface area is 200 Å². The molecule has 3 heterocycles. The summed E-state index contributed by atoms with van der Waals surface area (Å²) in [5.41, 5.74) is 5.05. The molecule has 0 spiro atoms. The van der Waals surface area contributed by atoms with Crippen molar-refractivity contribution in [1.29, 1.82) is 0 Å². The first-order chi connectivity index (χ1) is 16.3. The summed E-state index contributed by atoms with van der Waals surface area (Å²) in [6, 6.07) is 21.4. The van der Waals surface area contributed by atoms with Crippen molar-refractivity contribution in [2.24, 2.45) is 0 Å². The van der Waals surface area contributed by atoms with Crippen LogP contribution in [0, 0.1) is 0 Å². The van der Waals surface area contributed by atoms with Crippen LogP contribution in [0.5, 0.6) is 0 Å². The highest BCUT2D eigenvalue weighted by molar-refractivity contribution is 7.90. The Morgan fingerprint density at radius 3 is 2.32 bits per heavy atom. The van der Waals surface area contributed by atoms with Gasteiger partial charge in [-0.15, -0.1) is 0 Å². The zero-order valence-corrected chi connectivity index (χ0v) is 20.4. The molecule has 0 amide bonds. The minimum Gasteiger partial charge on any atom is -0.304 e. The first kappa shape index (κ1) is 22.7. The van der Waals surface area contributed by atoms with Gasteiger partial charge in [0.25, 0.3) is 0 Å². The first-order valence-corrected chi connectivity index (χ1v) is 13.4. The molecular weight excluding hydrogens is 446 g/mol. The molecule has 2 aromatic carbocycles. The van der Waals surface area contributed by atoms with Gasteiger partial charge in [0.05, 0.1) is 10.6 Å². The summed E-state index contributed by atoms with van der Waals surface area (Å²) in [4.78, 5) is 9.92. The van der Waals surface area contributed by atoms with E-state index in [1.54, 1.807) is 12.1 Å². The number of likely N-dealkylation sites (N-methyl/N-ethyl adjacent to an activating group) is 1. The molecule has 1 saturated heterocycles. The molecule has 0 bridgehead atoms. The summed E-state index contributed by atoms with van der Waals surface area (Å²) >= 11 is 0. The highest BCUT2D eigenvalue weighted by Crippen LogP contribution is 2.23. The van der Waals surface area contributed by atoms with Gasteiger partial charge in [-0.2, -0.15) is 5.10 Å². The number of hydrogen-bond donors (Lipinski definition) is 0. The Bertz CT molecular complexity index is 1400. The van der Waals surface area contributed by atoms with Gasteiger partial charge < -0.3 is 4.90 Å². The van der Waals surface area contributed by atoms with E-state index in [-0.39, 0.29) is 0 Å². The summed E-state index contributed by atoms with van der Waals surface area (Å²) in [6.45, 7) is 5.40. The van der Waals surface area contributed by atoms with Crippen molar-refractivity contribution in [3.05, 3.63) is 83.7 Å². The molecule has 0 saturated carbocycles. The van der Waals surface area contributed by atoms with E-state index in [4.69, 9.17) is 10.1 Å². The number of benzene rings is 2. The van der Waals surface area contributed by atoms with E-state index < -0.39 is 9.84 Å². The minimum absolute atomic E-state index is 0.305. The first-order valence-electron chi connectivity index (χ1n) is 11.5. The van der Waals surface area contributed by atoms with Gasteiger partial charge >= 0.3 is 0 Å². The van der Waals surface area contributed by atoms with Crippen LogP contribution in [0.3, 0.4) is 0 Å². The number of rotatable bonds is 6. The third-order valence-corrected chi connectivity index (χ3v) is 7.47. The second-order valence-electron chi connectivity index (χ2n) is 9.08. The topological polar surface area (TPSA) is 70.8 Å². The molecule has 34 heavy (non-hydrogen) atoms. The molecule has 176 valence electrons. The lowest BCUT2D eigenvalue weighted by Crippen LogP contribution is -2.43. The van der Waals surface area contributed by atoms with Crippen molar-refractivity contribution < 1.29 is 8.42 Å². The summed E-state index contributed by atoms with van der Waals surface area (Å²) in [5, 5.41) is 4.78. The fourth-order valence-electron chi connectivity index (χ4n) is 4.40. The fourth-order valence-corrected chi connectivity index (χ4v) is 5.03. The van der Waals surface area contributed by atoms with E-state index in [0.717, 1.165) is 55.5 Å². The molecule has 2 aromatic heterocycles. The lowest BCUT2D eigenvalue weighted by Gasteiger charge is -2.32. The van der Waals surface area contributed by atoms with E-state index in [1.165, 1.54) is 17.4 Å². The number of nitrogens with zero attached hydrogens (tertiary/aromatic N) is 5. The van der Waals surface area contributed by atoms with E-state index in [1.807, 2.05) is 34.8 Å². The number of pyridine rings is 1. The van der Waals surface area contributed by atoms with Crippen molar-refractivity contribution in [2.75, 3.05) is 39.5 Å². The quantitative estimate of drug-likeness (QED) is 0.427. The van der Waals surface area contributed by atoms with Gasteiger partial charge in [0.1, 0.15) is 0 Å². The Kier molecular flexibility index (Phi) is 6.20. The zero-order chi connectivity index (χ0) is 23.7. The monoisotopic (exact) mass is 475 g/mol. The summed E-state index contributed by atoms with van der Waals surface area (Å²) < 4.78 is 25.4. The number of sulfone groups is 1. The normalized spacial score (nSPS) is 15.7. The molecule has 0 unspecified atom stereocenters. The van der Waals surface area contributed by atoms with Crippen molar-refractivity contribution in [3.63, 3.8) is 0 Å². The van der Waals surface area contributed by atoms with Gasteiger partial charge in [0.2, 0.25) is 0 Å². The molecule has 5 rings (SSSR count). The molecule has 0 N–H and O–H groups in total. The molecule has 4 aromatic rings. The molecule has 0 atom stereocenters. The molecule has 0 radical (unpaired) electrons. The van der Waals surface area contributed by atoms with Crippen LogP contribution in [0.4, 0.5) is 0 Å². The lowest BCUT2D eigenvalue weighted by molar-refractivity contribution is 0.148. The second-order valence-corrected chi connectivity index (χ2v) is 11.1. The van der Waals surface area contributed by atoms with Crippen molar-refractivity contribution in [1.82, 2.24) is 24.4 Å². The van der Waals surface area contributed by atoms with E-state index in [2.05, 4.69) is 41.1 Å². The van der Waals surface area contributed by atoms with Gasteiger partial charge in [-0.05, 0) is 42.4 Å². The number of piperazine rings is 1. The Morgan fingerprint density at radius 2 is 1.59 bits per heavy atom. The predicted molar refractivity (Wildman–Crippen MR) is 134 cm³/mol. The van der Waals surface area contributed by atoms with Crippen LogP contribution >= 0.6 is 0 Å². The van der Waals surface area contributed by atoms with Crippen molar-refractivity contribution in [3.8, 4) is 11.3 Å². The molecular formula is C26H29N5O2S. The predicted octanol–water partition coefficient (Wildman–Crippen LogP) is 3.14. The molecule has 1 aliphatic rings. The summed E-state index contributed by atoms with van der Waals surface area (Å²) in [5.74, 6) is 0.761. The van der Waals surface area contributed by atoms with Gasteiger partial charge in [0, 0.05) is 51.0 Å². The van der Waals surface area contributed by atoms with Crippen LogP contribution in [-0.2, 0) is 22.8 Å². The molecule has 0 aliphatic carbocycles. The van der Waals surface area contributed by atoms with Crippen LogP contribution < -0.4 is 0 Å². The zero-order valence-electron chi connectivity index (χ0n) is 19.6. The number of hydrogen-bond acceptors (Lipinski definition) is 6. The standard InChI is InChI=1S/C26H29N5O2S/c1-29-13-15-30(16-14-29)19-21-6-3-5-20(17-21)18-25-27-26-8-4-7-24(31(26)28-25)22-9-11-23(12-10-22)34(2,32)33/h3-12,17H,13-16,18-19H2,1-2H3. The average molecular weight is 476 g/mol. The highest BCUT2D eigenvalue weighted by Gasteiger charge is 2.15. The van der Waals surface area contributed by atoms with Crippen molar-refractivity contribution >= 4 is 15.5 Å². The Morgan fingerprint density at radius 1 is 0.882 bits per heavy atom. The van der Waals surface area contributed by atoms with Gasteiger partial charge in [-0.25, -0.2) is 17.9 Å². The Balaban J connectivity index is 1.36. The van der Waals surface area contributed by atoms with Crippen LogP contribution in [0.2, 0.25) is 0 Å². The summed E-state index contributed by atoms with van der Waals surface area (Å²) in [7, 11) is -1.05. The SMILES string of the molecule is CN1CCN(Cc2cccc(Cc3nc4cccc(-c5ccc(S(C)(=O)=O)cc5)n4n3)c2)CC1. The largest absolute Gasteiger partial charge is 0.304 e. The van der Waals surface area contributed by atoms with E-state index >= 15 is 0 Å². The lowest BCUT2D eigenvalue weighted by atomic mass is 10.1. The van der Waals surface area contributed by atoms with E-state index in [0.29, 0.717) is 11.3 Å². The second kappa shape index (κ2) is 9.29. The summed E-state index contributed by atoms with van der Waals surface area (Å²) in [6.07, 6.45) is 1.87. The fraction of sp³-hybridized carbons (Fsp3) is 0.308. The molecule has 1 fully saturated rings. The van der Waals surface area contributed by atoms with Crippen LogP contribution in [0.15, 0.2) is 71.6 Å². The molecule has 8 heteroatoms. The number of aromatic nitrogens is 3. The third kappa shape index (κ3) is 5.04. The van der Waals surface area contributed by atoms with Gasteiger partial charge in [0.15, 0.2) is 21.3 Å². The minimum atomic E-state index is -3.23. The van der Waals surface area contributed by atoms with E-state index in [9.17, 15) is 8.42 Å². The van der Waals surface area contributed by atoms with Crippen LogP contribution in [0.1, 0.15) is 17.0 Å². The van der Waals surface area contributed by atoms with Crippen molar-refractivity contribution in [2.45, 2.75) is 17.9 Å². The van der Waals surface area contributed by atoms with Gasteiger partial charge in [-0.1, -0.05) is 42.5 Å². The number of fused-ring (bicyclic) bond motifs is 1. The maximum atomic E-state index is 11.8. The maximum Gasteiger partial charge on any atom is 0.175 e. The average Bonchev–Trinajstić information content (AvgIpc) is 3.23.